The van der Waals surface area contributed by atoms with Gasteiger partial charge in [0.1, 0.15) is 0 Å². The van der Waals surface area contributed by atoms with E-state index < -0.39 is 0 Å². The second kappa shape index (κ2) is 4.26. The summed E-state index contributed by atoms with van der Waals surface area (Å²) in [5, 5.41) is 0.322. The van der Waals surface area contributed by atoms with Gasteiger partial charge >= 0.3 is 0 Å². The molecule has 0 amide bonds. The van der Waals surface area contributed by atoms with E-state index in [-0.39, 0.29) is 10.5 Å². The van der Waals surface area contributed by atoms with Gasteiger partial charge < -0.3 is 9.47 Å². The highest BCUT2D eigenvalue weighted by atomic mass is 32.1. The van der Waals surface area contributed by atoms with E-state index in [9.17, 15) is 0 Å². The van der Waals surface area contributed by atoms with Crippen LogP contribution in [0.4, 0.5) is 0 Å². The monoisotopic (exact) mass is 254 g/mol. The summed E-state index contributed by atoms with van der Waals surface area (Å²) in [6.07, 6.45) is 0. The first kappa shape index (κ1) is 11.0. The number of thiol groups is 2. The zero-order chi connectivity index (χ0) is 11.1. The third-order valence-corrected chi connectivity index (χ3v) is 4.07. The molecule has 16 heavy (non-hydrogen) atoms. The largest absolute Gasteiger partial charge is 0.375 e. The molecule has 3 heterocycles. The van der Waals surface area contributed by atoms with E-state index in [2.05, 4.69) is 37.4 Å². The topological polar surface area (TPSA) is 18.5 Å². The van der Waals surface area contributed by atoms with E-state index in [0.29, 0.717) is 26.4 Å². The Morgan fingerprint density at radius 3 is 2.62 bits per heavy atom. The van der Waals surface area contributed by atoms with Gasteiger partial charge in [0.2, 0.25) is 0 Å². The summed E-state index contributed by atoms with van der Waals surface area (Å²) in [5.41, 5.74) is 5.08. The lowest BCUT2D eigenvalue weighted by Crippen LogP contribution is -2.21. The van der Waals surface area contributed by atoms with Crippen molar-refractivity contribution in [1.82, 2.24) is 0 Å². The molecular formula is C12H14O2S2. The van der Waals surface area contributed by atoms with E-state index in [1.807, 2.05) is 0 Å². The number of hydrogen-bond acceptors (Lipinski definition) is 4. The van der Waals surface area contributed by atoms with E-state index in [4.69, 9.17) is 9.47 Å². The number of rotatable bonds is 0. The molecule has 0 saturated carbocycles. The van der Waals surface area contributed by atoms with Crippen LogP contribution in [-0.2, 0) is 22.7 Å². The summed E-state index contributed by atoms with van der Waals surface area (Å²) in [7, 11) is 0. The molecule has 3 aliphatic rings. The second-order valence-electron chi connectivity index (χ2n) is 4.27. The fraction of sp³-hybridized carbons (Fsp3) is 0.500. The maximum atomic E-state index is 5.60. The van der Waals surface area contributed by atoms with Crippen LogP contribution in [-0.4, -0.2) is 13.2 Å². The van der Waals surface area contributed by atoms with Gasteiger partial charge in [0.25, 0.3) is 0 Å². The van der Waals surface area contributed by atoms with Gasteiger partial charge in [0.15, 0.2) is 0 Å². The molecule has 0 aliphatic carbocycles. The quantitative estimate of drug-likeness (QED) is 0.694. The zero-order valence-corrected chi connectivity index (χ0v) is 10.6. The Kier molecular flexibility index (Phi) is 2.92. The fourth-order valence-electron chi connectivity index (χ4n) is 2.44. The Balaban J connectivity index is 2.22. The molecule has 0 aromatic heterocycles. The summed E-state index contributed by atoms with van der Waals surface area (Å²) in [4.78, 5) is 0. The van der Waals surface area contributed by atoms with Crippen LogP contribution in [0.3, 0.4) is 0 Å². The van der Waals surface area contributed by atoms with Crippen LogP contribution < -0.4 is 0 Å². The molecule has 2 bridgehead atoms. The van der Waals surface area contributed by atoms with Crippen molar-refractivity contribution in [1.29, 1.82) is 0 Å². The molecular weight excluding hydrogens is 240 g/mol. The molecule has 2 nitrogen and oxygen atoms in total. The van der Waals surface area contributed by atoms with E-state index >= 15 is 0 Å². The predicted octanol–water partition coefficient (Wildman–Crippen LogP) is 2.69. The third kappa shape index (κ3) is 1.68. The summed E-state index contributed by atoms with van der Waals surface area (Å²) in [5.74, 6) is 0. The molecule has 0 N–H and O–H groups in total. The van der Waals surface area contributed by atoms with Crippen molar-refractivity contribution in [3.8, 4) is 0 Å². The van der Waals surface area contributed by atoms with E-state index in [0.717, 1.165) is 0 Å². The normalized spacial score (nSPS) is 28.4. The van der Waals surface area contributed by atoms with Crippen molar-refractivity contribution in [2.24, 2.45) is 0 Å². The highest BCUT2D eigenvalue weighted by Gasteiger charge is 2.27. The summed E-state index contributed by atoms with van der Waals surface area (Å²) >= 11 is 9.22. The molecule has 0 spiro atoms. The number of ether oxygens (including phenoxy) is 2. The van der Waals surface area contributed by atoms with Gasteiger partial charge in [-0.05, 0) is 22.3 Å². The van der Waals surface area contributed by atoms with Crippen molar-refractivity contribution in [3.63, 3.8) is 0 Å². The first-order chi connectivity index (χ1) is 7.77. The summed E-state index contributed by atoms with van der Waals surface area (Å²) in [6, 6.07) is 4.30. The van der Waals surface area contributed by atoms with Gasteiger partial charge in [-0.2, -0.15) is 25.3 Å². The number of hydrogen-bond donors (Lipinski definition) is 2. The molecule has 1 aromatic rings. The highest BCUT2D eigenvalue weighted by Crippen LogP contribution is 2.40. The van der Waals surface area contributed by atoms with Gasteiger partial charge in [-0.15, -0.1) is 0 Å². The molecule has 4 heteroatoms. The smallest absolute Gasteiger partial charge is 0.0724 e. The minimum absolute atomic E-state index is 0.149. The Morgan fingerprint density at radius 2 is 1.75 bits per heavy atom. The molecule has 4 rings (SSSR count). The lowest BCUT2D eigenvalue weighted by atomic mass is 9.90. The molecule has 0 fully saturated rings. The average molecular weight is 254 g/mol. The van der Waals surface area contributed by atoms with Crippen LogP contribution in [0.2, 0.25) is 0 Å². The third-order valence-electron chi connectivity index (χ3n) is 3.24. The average Bonchev–Trinajstić information content (AvgIpc) is 2.26. The second-order valence-corrected chi connectivity index (χ2v) is 5.51. The summed E-state index contributed by atoms with van der Waals surface area (Å²) < 4.78 is 11.2. The van der Waals surface area contributed by atoms with Gasteiger partial charge in [0.05, 0.1) is 36.9 Å². The Hall–Kier alpha value is -0.160. The van der Waals surface area contributed by atoms with Gasteiger partial charge in [-0.3, -0.25) is 0 Å². The summed E-state index contributed by atoms with van der Waals surface area (Å²) in [6.45, 7) is 2.70. The lowest BCUT2D eigenvalue weighted by molar-refractivity contribution is 0.0932. The molecule has 2 unspecified atom stereocenters. The van der Waals surface area contributed by atoms with Crippen LogP contribution in [0.1, 0.15) is 32.8 Å². The van der Waals surface area contributed by atoms with E-state index in [1.54, 1.807) is 0 Å². The predicted molar refractivity (Wildman–Crippen MR) is 69.2 cm³/mol. The maximum Gasteiger partial charge on any atom is 0.0724 e. The molecule has 86 valence electrons. The van der Waals surface area contributed by atoms with Crippen LogP contribution in [0.5, 0.6) is 0 Å². The Labute approximate surface area is 106 Å². The first-order valence-electron chi connectivity index (χ1n) is 5.43. The van der Waals surface area contributed by atoms with Crippen molar-refractivity contribution >= 4 is 25.3 Å². The molecule has 0 saturated heterocycles. The van der Waals surface area contributed by atoms with Crippen molar-refractivity contribution in [3.05, 3.63) is 34.4 Å². The van der Waals surface area contributed by atoms with Gasteiger partial charge in [-0.25, -0.2) is 0 Å². The minimum Gasteiger partial charge on any atom is -0.375 e. The minimum atomic E-state index is 0.149. The molecule has 1 aromatic carbocycles. The number of fused-ring (bicyclic) bond motifs is 4. The van der Waals surface area contributed by atoms with Crippen molar-refractivity contribution < 1.29 is 9.47 Å². The zero-order valence-electron chi connectivity index (χ0n) is 8.85. The van der Waals surface area contributed by atoms with Crippen molar-refractivity contribution in [2.45, 2.75) is 23.7 Å². The van der Waals surface area contributed by atoms with Gasteiger partial charge in [0, 0.05) is 0 Å². The van der Waals surface area contributed by atoms with Crippen LogP contribution in [0.15, 0.2) is 12.1 Å². The van der Waals surface area contributed by atoms with Gasteiger partial charge in [-0.1, -0.05) is 12.1 Å². The molecule has 3 aliphatic heterocycles. The van der Waals surface area contributed by atoms with E-state index in [1.165, 1.54) is 22.3 Å². The van der Waals surface area contributed by atoms with Crippen LogP contribution >= 0.6 is 25.3 Å². The first-order valence-corrected chi connectivity index (χ1v) is 6.47. The van der Waals surface area contributed by atoms with Crippen LogP contribution in [0.25, 0.3) is 0 Å². The Bertz CT molecular complexity index is 420. The maximum absolute atomic E-state index is 5.60. The highest BCUT2D eigenvalue weighted by molar-refractivity contribution is 7.81. The SMILES string of the molecule is SC1COCc2ccc1c1c2COCC1S. The number of benzene rings is 1. The lowest BCUT2D eigenvalue weighted by Gasteiger charge is -2.31. The Morgan fingerprint density at radius 1 is 1.00 bits per heavy atom. The fourth-order valence-corrected chi connectivity index (χ4v) is 3.18. The molecule has 2 atom stereocenters. The molecule has 0 radical (unpaired) electrons. The van der Waals surface area contributed by atoms with Crippen molar-refractivity contribution in [2.75, 3.05) is 13.2 Å². The van der Waals surface area contributed by atoms with Crippen LogP contribution in [0, 0.1) is 0 Å². The standard InChI is InChI=1S/C12H14O2S2/c15-10-5-13-3-7-1-2-8(10)12-9(7)4-14-6-11(12)16/h1-2,10-11,15-16H,3-6H2.